The third-order valence-electron chi connectivity index (χ3n) is 3.88. The molecular weight excluding hydrogens is 364 g/mol. The molecule has 0 aliphatic carbocycles. The molecule has 0 fully saturated rings. The quantitative estimate of drug-likeness (QED) is 0.739. The van der Waals surface area contributed by atoms with Crippen LogP contribution in [0.1, 0.15) is 18.1 Å². The van der Waals surface area contributed by atoms with Gasteiger partial charge in [-0.05, 0) is 43.7 Å². The van der Waals surface area contributed by atoms with E-state index >= 15 is 0 Å². The predicted octanol–water partition coefficient (Wildman–Crippen LogP) is 3.30. The molecule has 0 spiro atoms. The summed E-state index contributed by atoms with van der Waals surface area (Å²) in [6.07, 6.45) is 3.06. The fourth-order valence-corrected chi connectivity index (χ4v) is 3.28. The van der Waals surface area contributed by atoms with Crippen LogP contribution in [0.5, 0.6) is 5.75 Å². The fourth-order valence-electron chi connectivity index (χ4n) is 2.35. The Morgan fingerprint density at radius 1 is 1.19 bits per heavy atom. The van der Waals surface area contributed by atoms with E-state index in [-0.39, 0.29) is 10.8 Å². The number of aryl methyl sites for hydroxylation is 1. The van der Waals surface area contributed by atoms with E-state index in [4.69, 9.17) is 4.74 Å². The Morgan fingerprint density at radius 3 is 2.56 bits per heavy atom. The van der Waals surface area contributed by atoms with Crippen LogP contribution in [-0.2, 0) is 14.8 Å². The molecule has 1 N–H and O–H groups in total. The number of rotatable bonds is 7. The maximum Gasteiger partial charge on any atom is 0.248 e. The van der Waals surface area contributed by atoms with Crippen LogP contribution in [0.3, 0.4) is 0 Å². The standard InChI is InChI=1S/C20H24N2O4S/c1-5-26-19-9-7-6-8-16(19)11-13-20(23)21-18-14-17(12-10-15(18)2)27(24,25)22(3)4/h6-14H,5H2,1-4H3,(H,21,23)/b13-11+. The zero-order valence-corrected chi connectivity index (χ0v) is 16.7. The molecule has 0 saturated carbocycles. The topological polar surface area (TPSA) is 75.7 Å². The Morgan fingerprint density at radius 2 is 1.89 bits per heavy atom. The van der Waals surface area contributed by atoms with E-state index in [0.717, 1.165) is 15.4 Å². The van der Waals surface area contributed by atoms with Gasteiger partial charge >= 0.3 is 0 Å². The Kier molecular flexibility index (Phi) is 6.76. The van der Waals surface area contributed by atoms with Crippen molar-refractivity contribution < 1.29 is 17.9 Å². The smallest absolute Gasteiger partial charge is 0.248 e. The number of hydrogen-bond donors (Lipinski definition) is 1. The van der Waals surface area contributed by atoms with Crippen molar-refractivity contribution in [2.75, 3.05) is 26.0 Å². The van der Waals surface area contributed by atoms with Crippen molar-refractivity contribution in [3.63, 3.8) is 0 Å². The first kappa shape index (κ1) is 20.7. The van der Waals surface area contributed by atoms with E-state index in [2.05, 4.69) is 5.32 Å². The molecule has 0 bridgehead atoms. The van der Waals surface area contributed by atoms with Gasteiger partial charge < -0.3 is 10.1 Å². The van der Waals surface area contributed by atoms with Crippen molar-refractivity contribution in [2.45, 2.75) is 18.7 Å². The summed E-state index contributed by atoms with van der Waals surface area (Å²) in [7, 11) is -0.643. The van der Waals surface area contributed by atoms with Gasteiger partial charge in [0.1, 0.15) is 5.75 Å². The zero-order chi connectivity index (χ0) is 20.0. The maximum atomic E-state index is 12.3. The lowest BCUT2D eigenvalue weighted by atomic mass is 10.1. The van der Waals surface area contributed by atoms with Gasteiger partial charge in [-0.15, -0.1) is 0 Å². The van der Waals surface area contributed by atoms with E-state index in [9.17, 15) is 13.2 Å². The Balaban J connectivity index is 2.21. The summed E-state index contributed by atoms with van der Waals surface area (Å²) < 4.78 is 31.2. The molecule has 6 nitrogen and oxygen atoms in total. The van der Waals surface area contributed by atoms with Gasteiger partial charge in [0, 0.05) is 31.4 Å². The van der Waals surface area contributed by atoms with Crippen LogP contribution < -0.4 is 10.1 Å². The molecule has 144 valence electrons. The first-order valence-electron chi connectivity index (χ1n) is 8.49. The van der Waals surface area contributed by atoms with E-state index in [1.165, 1.54) is 32.3 Å². The molecule has 2 aromatic carbocycles. The van der Waals surface area contributed by atoms with Crippen molar-refractivity contribution in [2.24, 2.45) is 0 Å². The van der Waals surface area contributed by atoms with Crippen molar-refractivity contribution in [1.82, 2.24) is 4.31 Å². The number of nitrogens with one attached hydrogen (secondary N) is 1. The number of nitrogens with zero attached hydrogens (tertiary/aromatic N) is 1. The van der Waals surface area contributed by atoms with Crippen molar-refractivity contribution in [1.29, 1.82) is 0 Å². The highest BCUT2D eigenvalue weighted by Gasteiger charge is 2.18. The highest BCUT2D eigenvalue weighted by atomic mass is 32.2. The van der Waals surface area contributed by atoms with Crippen LogP contribution in [0, 0.1) is 6.92 Å². The molecule has 2 rings (SSSR count). The zero-order valence-electron chi connectivity index (χ0n) is 15.9. The van der Waals surface area contributed by atoms with Crippen molar-refractivity contribution >= 4 is 27.7 Å². The lowest BCUT2D eigenvalue weighted by Crippen LogP contribution is -2.22. The summed E-state index contributed by atoms with van der Waals surface area (Å²) in [5.74, 6) is 0.336. The monoisotopic (exact) mass is 388 g/mol. The minimum absolute atomic E-state index is 0.124. The molecule has 0 aromatic heterocycles. The van der Waals surface area contributed by atoms with Gasteiger partial charge in [-0.1, -0.05) is 24.3 Å². The largest absolute Gasteiger partial charge is 0.493 e. The van der Waals surface area contributed by atoms with Crippen molar-refractivity contribution in [3.8, 4) is 5.75 Å². The van der Waals surface area contributed by atoms with Gasteiger partial charge in [0.15, 0.2) is 0 Å². The number of carbonyl (C=O) groups excluding carboxylic acids is 1. The summed E-state index contributed by atoms with van der Waals surface area (Å²) >= 11 is 0. The molecule has 0 atom stereocenters. The Bertz CT molecular complexity index is 950. The van der Waals surface area contributed by atoms with Gasteiger partial charge in [-0.2, -0.15) is 0 Å². The number of anilines is 1. The number of para-hydroxylation sites is 1. The lowest BCUT2D eigenvalue weighted by Gasteiger charge is -2.14. The van der Waals surface area contributed by atoms with Gasteiger partial charge in [0.25, 0.3) is 0 Å². The van der Waals surface area contributed by atoms with Gasteiger partial charge in [0.05, 0.1) is 11.5 Å². The van der Waals surface area contributed by atoms with Crippen molar-refractivity contribution in [3.05, 3.63) is 59.7 Å². The minimum atomic E-state index is -3.57. The third kappa shape index (κ3) is 5.18. The van der Waals surface area contributed by atoms with E-state index in [0.29, 0.717) is 18.0 Å². The highest BCUT2D eigenvalue weighted by molar-refractivity contribution is 7.89. The second-order valence-electron chi connectivity index (χ2n) is 6.06. The lowest BCUT2D eigenvalue weighted by molar-refractivity contribution is -0.111. The average molecular weight is 388 g/mol. The summed E-state index contributed by atoms with van der Waals surface area (Å²) in [5, 5.41) is 2.73. The third-order valence-corrected chi connectivity index (χ3v) is 5.69. The van der Waals surface area contributed by atoms with E-state index in [1.807, 2.05) is 31.2 Å². The van der Waals surface area contributed by atoms with Crippen LogP contribution in [-0.4, -0.2) is 39.3 Å². The number of sulfonamides is 1. The second-order valence-corrected chi connectivity index (χ2v) is 8.21. The highest BCUT2D eigenvalue weighted by Crippen LogP contribution is 2.23. The molecule has 27 heavy (non-hydrogen) atoms. The summed E-state index contributed by atoms with van der Waals surface area (Å²) in [6, 6.07) is 12.1. The molecule has 2 aromatic rings. The van der Waals surface area contributed by atoms with E-state index < -0.39 is 10.0 Å². The molecule has 0 aliphatic rings. The molecule has 1 amide bonds. The molecule has 0 unspecified atom stereocenters. The van der Waals surface area contributed by atoms with Gasteiger partial charge in [0.2, 0.25) is 15.9 Å². The molecule has 0 aliphatic heterocycles. The predicted molar refractivity (Wildman–Crippen MR) is 107 cm³/mol. The van der Waals surface area contributed by atoms with Crippen LogP contribution in [0.25, 0.3) is 6.08 Å². The fraction of sp³-hybridized carbons (Fsp3) is 0.250. The number of benzene rings is 2. The number of hydrogen-bond acceptors (Lipinski definition) is 4. The minimum Gasteiger partial charge on any atom is -0.493 e. The average Bonchev–Trinajstić information content (AvgIpc) is 2.62. The van der Waals surface area contributed by atoms with Gasteiger partial charge in [-0.3, -0.25) is 4.79 Å². The first-order valence-corrected chi connectivity index (χ1v) is 9.93. The molecule has 0 saturated heterocycles. The number of ether oxygens (including phenoxy) is 1. The maximum absolute atomic E-state index is 12.3. The SMILES string of the molecule is CCOc1ccccc1/C=C/C(=O)Nc1cc(S(=O)(=O)N(C)C)ccc1C. The molecule has 0 radical (unpaired) electrons. The number of amides is 1. The van der Waals surface area contributed by atoms with Crippen LogP contribution >= 0.6 is 0 Å². The normalized spacial score (nSPS) is 11.7. The van der Waals surface area contributed by atoms with Crippen LogP contribution in [0.4, 0.5) is 5.69 Å². The Hall–Kier alpha value is -2.64. The second kappa shape index (κ2) is 8.83. The number of carbonyl (C=O) groups is 1. The molecule has 0 heterocycles. The van der Waals surface area contributed by atoms with Gasteiger partial charge in [-0.25, -0.2) is 12.7 Å². The first-order chi connectivity index (χ1) is 12.8. The Labute approximate surface area is 160 Å². The summed E-state index contributed by atoms with van der Waals surface area (Å²) in [6.45, 7) is 4.23. The van der Waals surface area contributed by atoms with Crippen LogP contribution in [0.2, 0.25) is 0 Å². The summed E-state index contributed by atoms with van der Waals surface area (Å²) in [5.41, 5.74) is 2.00. The molecular formula is C20H24N2O4S. The van der Waals surface area contributed by atoms with Crippen LogP contribution in [0.15, 0.2) is 53.4 Å². The van der Waals surface area contributed by atoms with E-state index in [1.54, 1.807) is 19.1 Å². The molecule has 7 heteroatoms. The summed E-state index contributed by atoms with van der Waals surface area (Å²) in [4.78, 5) is 12.4.